The topological polar surface area (TPSA) is 93.4 Å². The maximum Gasteiger partial charge on any atom is 0.248 e. The summed E-state index contributed by atoms with van der Waals surface area (Å²) in [6, 6.07) is 4.52. The number of nitrogens with one attached hydrogen (secondary N) is 2. The highest BCUT2D eigenvalue weighted by Gasteiger charge is 2.21. The van der Waals surface area contributed by atoms with Gasteiger partial charge in [-0.05, 0) is 37.6 Å². The molecule has 1 aromatic rings. The number of methoxy groups -OCH3 is 1. The molecule has 0 saturated carbocycles. The number of rotatable bonds is 4. The lowest BCUT2D eigenvalue weighted by Gasteiger charge is -2.17. The average Bonchev–Trinajstić information content (AvgIpc) is 2.76. The normalized spacial score (nSPS) is 18.6. The number of primary amides is 1. The van der Waals surface area contributed by atoms with Gasteiger partial charge in [0.05, 0.1) is 18.8 Å². The molecule has 1 fully saturated rings. The molecule has 2 amide bonds. The summed E-state index contributed by atoms with van der Waals surface area (Å²) in [6.45, 7) is 0.844. The first-order valence-corrected chi connectivity index (χ1v) is 7.14. The second kappa shape index (κ2) is 7.08. The summed E-state index contributed by atoms with van der Waals surface area (Å²) < 4.78 is 5.21. The average molecular weight is 291 g/mol. The van der Waals surface area contributed by atoms with Gasteiger partial charge in [0.2, 0.25) is 11.8 Å². The number of carbonyl (C=O) groups excluding carboxylic acids is 2. The smallest absolute Gasteiger partial charge is 0.248 e. The fourth-order valence-electron chi connectivity index (χ4n) is 2.43. The van der Waals surface area contributed by atoms with Crippen LogP contribution in [0.5, 0.6) is 5.75 Å². The Hall–Kier alpha value is -2.08. The monoisotopic (exact) mass is 291 g/mol. The molecule has 114 valence electrons. The van der Waals surface area contributed by atoms with Gasteiger partial charge in [-0.3, -0.25) is 9.59 Å². The summed E-state index contributed by atoms with van der Waals surface area (Å²) in [5.74, 6) is -0.153. The third-order valence-corrected chi connectivity index (χ3v) is 3.62. The maximum atomic E-state index is 12.3. The van der Waals surface area contributed by atoms with Crippen molar-refractivity contribution in [2.45, 2.75) is 31.7 Å². The minimum Gasteiger partial charge on any atom is -0.495 e. The molecule has 1 unspecified atom stereocenters. The Morgan fingerprint density at radius 1 is 1.33 bits per heavy atom. The molecule has 4 N–H and O–H groups in total. The molecule has 0 aromatic heterocycles. The molecule has 1 aliphatic rings. The van der Waals surface area contributed by atoms with Crippen LogP contribution in [0.15, 0.2) is 18.2 Å². The van der Waals surface area contributed by atoms with E-state index in [1.54, 1.807) is 12.1 Å². The highest BCUT2D eigenvalue weighted by Crippen LogP contribution is 2.26. The Bertz CT molecular complexity index is 523. The molecule has 1 aromatic carbocycles. The van der Waals surface area contributed by atoms with E-state index >= 15 is 0 Å². The van der Waals surface area contributed by atoms with Crippen molar-refractivity contribution in [2.24, 2.45) is 5.73 Å². The fourth-order valence-corrected chi connectivity index (χ4v) is 2.43. The number of hydrogen-bond donors (Lipinski definition) is 3. The van der Waals surface area contributed by atoms with Crippen molar-refractivity contribution in [3.05, 3.63) is 23.8 Å². The van der Waals surface area contributed by atoms with Gasteiger partial charge in [-0.2, -0.15) is 0 Å². The van der Waals surface area contributed by atoms with Crippen LogP contribution in [0.2, 0.25) is 0 Å². The van der Waals surface area contributed by atoms with Crippen LogP contribution in [-0.4, -0.2) is 31.5 Å². The van der Waals surface area contributed by atoms with Crippen LogP contribution in [0.3, 0.4) is 0 Å². The molecule has 1 saturated heterocycles. The maximum absolute atomic E-state index is 12.3. The van der Waals surface area contributed by atoms with Gasteiger partial charge in [0.25, 0.3) is 0 Å². The van der Waals surface area contributed by atoms with Crippen molar-refractivity contribution in [1.29, 1.82) is 0 Å². The predicted molar refractivity (Wildman–Crippen MR) is 80.4 cm³/mol. The van der Waals surface area contributed by atoms with Crippen molar-refractivity contribution in [2.75, 3.05) is 19.0 Å². The summed E-state index contributed by atoms with van der Waals surface area (Å²) in [4.78, 5) is 23.6. The molecule has 0 aliphatic carbocycles. The lowest BCUT2D eigenvalue weighted by atomic mass is 10.1. The van der Waals surface area contributed by atoms with Crippen molar-refractivity contribution in [3.8, 4) is 5.75 Å². The molecular weight excluding hydrogens is 270 g/mol. The van der Waals surface area contributed by atoms with Gasteiger partial charge in [-0.25, -0.2) is 0 Å². The van der Waals surface area contributed by atoms with Gasteiger partial charge < -0.3 is 21.1 Å². The number of ether oxygens (including phenoxy) is 1. The van der Waals surface area contributed by atoms with E-state index in [1.165, 1.54) is 13.2 Å². The van der Waals surface area contributed by atoms with Gasteiger partial charge in [0, 0.05) is 5.56 Å². The van der Waals surface area contributed by atoms with Gasteiger partial charge >= 0.3 is 0 Å². The molecule has 21 heavy (non-hydrogen) atoms. The zero-order chi connectivity index (χ0) is 15.2. The molecule has 0 bridgehead atoms. The number of anilines is 1. The van der Waals surface area contributed by atoms with E-state index in [4.69, 9.17) is 10.5 Å². The van der Waals surface area contributed by atoms with E-state index in [9.17, 15) is 9.59 Å². The Labute approximate surface area is 124 Å². The molecule has 0 spiro atoms. The molecular formula is C15H21N3O3. The van der Waals surface area contributed by atoms with Crippen LogP contribution in [0.1, 0.15) is 36.0 Å². The van der Waals surface area contributed by atoms with Gasteiger partial charge in [0.15, 0.2) is 0 Å². The van der Waals surface area contributed by atoms with E-state index in [1.807, 2.05) is 0 Å². The van der Waals surface area contributed by atoms with Crippen LogP contribution in [0, 0.1) is 0 Å². The minimum atomic E-state index is -0.541. The van der Waals surface area contributed by atoms with E-state index in [-0.39, 0.29) is 11.9 Å². The number of amides is 2. The Kier molecular flexibility index (Phi) is 5.16. The van der Waals surface area contributed by atoms with Crippen LogP contribution >= 0.6 is 0 Å². The van der Waals surface area contributed by atoms with Crippen LogP contribution in [-0.2, 0) is 4.79 Å². The first-order valence-electron chi connectivity index (χ1n) is 7.14. The van der Waals surface area contributed by atoms with E-state index in [0.29, 0.717) is 17.0 Å². The summed E-state index contributed by atoms with van der Waals surface area (Å²) in [7, 11) is 1.51. The van der Waals surface area contributed by atoms with E-state index < -0.39 is 5.91 Å². The molecule has 1 aliphatic heterocycles. The second-order valence-corrected chi connectivity index (χ2v) is 5.12. The highest BCUT2D eigenvalue weighted by atomic mass is 16.5. The van der Waals surface area contributed by atoms with Crippen molar-refractivity contribution < 1.29 is 14.3 Å². The molecule has 1 atom stereocenters. The molecule has 6 nitrogen and oxygen atoms in total. The van der Waals surface area contributed by atoms with Crippen molar-refractivity contribution in [1.82, 2.24) is 5.32 Å². The molecule has 2 rings (SSSR count). The van der Waals surface area contributed by atoms with E-state index in [0.717, 1.165) is 32.2 Å². The van der Waals surface area contributed by atoms with Gasteiger partial charge in [0.1, 0.15) is 5.75 Å². The highest BCUT2D eigenvalue weighted by molar-refractivity contribution is 5.99. The number of carbonyl (C=O) groups is 2. The quantitative estimate of drug-likeness (QED) is 0.778. The molecule has 1 heterocycles. The first kappa shape index (κ1) is 15.3. The number of nitrogens with two attached hydrogens (primary N) is 1. The fraction of sp³-hybridized carbons (Fsp3) is 0.467. The summed E-state index contributed by atoms with van der Waals surface area (Å²) in [5, 5.41) is 6.05. The second-order valence-electron chi connectivity index (χ2n) is 5.12. The predicted octanol–water partition coefficient (Wildman–Crippen LogP) is 1.26. The Balaban J connectivity index is 2.14. The van der Waals surface area contributed by atoms with Crippen molar-refractivity contribution in [3.63, 3.8) is 0 Å². The van der Waals surface area contributed by atoms with Crippen molar-refractivity contribution >= 4 is 17.5 Å². The zero-order valence-corrected chi connectivity index (χ0v) is 12.1. The molecule has 0 radical (unpaired) electrons. The Morgan fingerprint density at radius 3 is 2.86 bits per heavy atom. The lowest BCUT2D eigenvalue weighted by molar-refractivity contribution is -0.118. The zero-order valence-electron chi connectivity index (χ0n) is 12.1. The van der Waals surface area contributed by atoms with Crippen LogP contribution in [0.4, 0.5) is 5.69 Å². The third kappa shape index (κ3) is 3.95. The van der Waals surface area contributed by atoms with Gasteiger partial charge in [-0.1, -0.05) is 12.8 Å². The lowest BCUT2D eigenvalue weighted by Crippen LogP contribution is -2.39. The summed E-state index contributed by atoms with van der Waals surface area (Å²) in [6.07, 6.45) is 4.06. The standard InChI is InChI=1S/C15H21N3O3/c1-21-13-7-6-10(14(16)19)9-12(13)18-15(20)11-5-3-2-4-8-17-11/h6-7,9,11,17H,2-5,8H2,1H3,(H2,16,19)(H,18,20). The van der Waals surface area contributed by atoms with E-state index in [2.05, 4.69) is 10.6 Å². The van der Waals surface area contributed by atoms with Crippen LogP contribution in [0.25, 0.3) is 0 Å². The third-order valence-electron chi connectivity index (χ3n) is 3.62. The SMILES string of the molecule is COc1ccc(C(N)=O)cc1NC(=O)C1CCCCCN1. The van der Waals surface area contributed by atoms with Gasteiger partial charge in [-0.15, -0.1) is 0 Å². The number of benzene rings is 1. The number of hydrogen-bond acceptors (Lipinski definition) is 4. The largest absolute Gasteiger partial charge is 0.495 e. The summed E-state index contributed by atoms with van der Waals surface area (Å²) >= 11 is 0. The Morgan fingerprint density at radius 2 is 2.14 bits per heavy atom. The summed E-state index contributed by atoms with van der Waals surface area (Å²) in [5.41, 5.74) is 6.06. The first-order chi connectivity index (χ1) is 10.1. The minimum absolute atomic E-state index is 0.114. The molecule has 6 heteroatoms. The van der Waals surface area contributed by atoms with Crippen LogP contribution < -0.4 is 21.1 Å².